The first-order valence-electron chi connectivity index (χ1n) is 9.29. The van der Waals surface area contributed by atoms with Crippen LogP contribution in [0.15, 0.2) is 45.6 Å². The van der Waals surface area contributed by atoms with Gasteiger partial charge in [-0.1, -0.05) is 0 Å². The van der Waals surface area contributed by atoms with Crippen LogP contribution in [0.4, 0.5) is 0 Å². The van der Waals surface area contributed by atoms with Crippen LogP contribution in [0.1, 0.15) is 23.5 Å². The Labute approximate surface area is 166 Å². The number of aromatic hydroxyl groups is 2. The van der Waals surface area contributed by atoms with Crippen molar-refractivity contribution in [2.45, 2.75) is 18.4 Å². The van der Waals surface area contributed by atoms with Crippen molar-refractivity contribution in [2.24, 2.45) is 0 Å². The van der Waals surface area contributed by atoms with Crippen LogP contribution in [-0.4, -0.2) is 46.5 Å². The maximum Gasteiger partial charge on any atom is 0.197 e. The van der Waals surface area contributed by atoms with Gasteiger partial charge in [-0.25, -0.2) is 0 Å². The molecule has 3 aromatic rings. The zero-order valence-electron chi connectivity index (χ0n) is 15.8. The number of phenols is 2. The van der Waals surface area contributed by atoms with Crippen molar-refractivity contribution in [3.8, 4) is 28.9 Å². The lowest BCUT2D eigenvalue weighted by molar-refractivity contribution is 0.172. The van der Waals surface area contributed by atoms with Gasteiger partial charge in [0.15, 0.2) is 5.43 Å². The lowest BCUT2D eigenvalue weighted by atomic mass is 9.89. The second kappa shape index (κ2) is 7.24. The third kappa shape index (κ3) is 3.12. The molecule has 2 aromatic carbocycles. The Hall–Kier alpha value is -3.34. The number of nitriles is 1. The minimum absolute atomic E-state index is 0.00133. The van der Waals surface area contributed by atoms with E-state index >= 15 is 0 Å². The first-order chi connectivity index (χ1) is 13.9. The molecule has 3 N–H and O–H groups in total. The zero-order valence-corrected chi connectivity index (χ0v) is 15.8. The molecule has 29 heavy (non-hydrogen) atoms. The SMILES string of the molecule is CN1CCC(c2c(O)cc(O)c3c(=O)cc(-c4ccc(C#N)cc4)oc23)[C@H]1CO. The maximum atomic E-state index is 12.8. The molecule has 2 atom stereocenters. The average molecular weight is 392 g/mol. The van der Waals surface area contributed by atoms with E-state index in [1.54, 1.807) is 24.3 Å². The zero-order chi connectivity index (χ0) is 20.7. The summed E-state index contributed by atoms with van der Waals surface area (Å²) >= 11 is 0. The first-order valence-corrected chi connectivity index (χ1v) is 9.29. The van der Waals surface area contributed by atoms with E-state index in [9.17, 15) is 20.1 Å². The number of rotatable bonds is 3. The number of likely N-dealkylation sites (N-methyl/N-ethyl adjacent to an activating group) is 1. The largest absolute Gasteiger partial charge is 0.507 e. The second-order valence-corrected chi connectivity index (χ2v) is 7.32. The summed E-state index contributed by atoms with van der Waals surface area (Å²) in [6.45, 7) is 0.611. The van der Waals surface area contributed by atoms with Crippen LogP contribution in [0.5, 0.6) is 11.5 Å². The molecule has 0 saturated carbocycles. The second-order valence-electron chi connectivity index (χ2n) is 7.32. The fourth-order valence-electron chi connectivity index (χ4n) is 4.14. The molecule has 1 aliphatic rings. The van der Waals surface area contributed by atoms with Gasteiger partial charge in [0.2, 0.25) is 0 Å². The van der Waals surface area contributed by atoms with Crippen LogP contribution < -0.4 is 5.43 Å². The van der Waals surface area contributed by atoms with Crippen LogP contribution >= 0.6 is 0 Å². The summed E-state index contributed by atoms with van der Waals surface area (Å²) in [5.41, 5.74) is 1.17. The van der Waals surface area contributed by atoms with E-state index in [0.717, 1.165) is 12.6 Å². The van der Waals surface area contributed by atoms with Gasteiger partial charge in [0.05, 0.1) is 18.2 Å². The highest BCUT2D eigenvalue weighted by Gasteiger charge is 2.36. The summed E-state index contributed by atoms with van der Waals surface area (Å²) in [4.78, 5) is 14.8. The van der Waals surface area contributed by atoms with E-state index in [2.05, 4.69) is 0 Å². The summed E-state index contributed by atoms with van der Waals surface area (Å²) < 4.78 is 6.03. The van der Waals surface area contributed by atoms with Crippen LogP contribution in [0.2, 0.25) is 0 Å². The monoisotopic (exact) mass is 392 g/mol. The maximum absolute atomic E-state index is 12.8. The van der Waals surface area contributed by atoms with Crippen molar-refractivity contribution in [3.63, 3.8) is 0 Å². The van der Waals surface area contributed by atoms with Gasteiger partial charge in [-0.05, 0) is 44.3 Å². The molecule has 0 amide bonds. The van der Waals surface area contributed by atoms with E-state index < -0.39 is 5.43 Å². The van der Waals surface area contributed by atoms with Gasteiger partial charge in [0.25, 0.3) is 0 Å². The Bertz CT molecular complexity index is 1180. The number of phenolic OH excluding ortho intramolecular Hbond substituents is 2. The molecule has 1 aliphatic heterocycles. The third-order valence-corrected chi connectivity index (χ3v) is 5.68. The van der Waals surface area contributed by atoms with Gasteiger partial charge in [0.1, 0.15) is 28.2 Å². The van der Waals surface area contributed by atoms with Gasteiger partial charge in [-0.2, -0.15) is 5.26 Å². The minimum atomic E-state index is -0.434. The minimum Gasteiger partial charge on any atom is -0.507 e. The molecule has 0 radical (unpaired) electrons. The molecule has 0 spiro atoms. The topological polar surface area (TPSA) is 118 Å². The highest BCUT2D eigenvalue weighted by atomic mass is 16.3. The predicted octanol–water partition coefficient (Wildman–Crippen LogP) is 2.52. The summed E-state index contributed by atoms with van der Waals surface area (Å²) in [6.07, 6.45) is 0.667. The fraction of sp³-hybridized carbons (Fsp3) is 0.273. The Morgan fingerprint density at radius 3 is 2.59 bits per heavy atom. The van der Waals surface area contributed by atoms with Crippen molar-refractivity contribution in [3.05, 3.63) is 57.7 Å². The van der Waals surface area contributed by atoms with Crippen molar-refractivity contribution < 1.29 is 19.7 Å². The summed E-state index contributed by atoms with van der Waals surface area (Å²) in [6, 6.07) is 10.8. The number of benzene rings is 2. The van der Waals surface area contributed by atoms with E-state index in [1.165, 1.54) is 6.07 Å². The predicted molar refractivity (Wildman–Crippen MR) is 107 cm³/mol. The molecule has 0 bridgehead atoms. The number of hydrogen-bond acceptors (Lipinski definition) is 7. The van der Waals surface area contributed by atoms with Crippen molar-refractivity contribution in [1.29, 1.82) is 5.26 Å². The van der Waals surface area contributed by atoms with Crippen LogP contribution in [0, 0.1) is 11.3 Å². The lowest BCUT2D eigenvalue weighted by Gasteiger charge is -2.24. The molecule has 1 fully saturated rings. The van der Waals surface area contributed by atoms with Gasteiger partial charge in [0, 0.05) is 35.2 Å². The molecule has 0 aliphatic carbocycles. The molecular weight excluding hydrogens is 372 g/mol. The molecule has 4 rings (SSSR count). The van der Waals surface area contributed by atoms with Crippen LogP contribution in [-0.2, 0) is 0 Å². The molecule has 7 nitrogen and oxygen atoms in total. The third-order valence-electron chi connectivity index (χ3n) is 5.68. The Morgan fingerprint density at radius 2 is 1.93 bits per heavy atom. The van der Waals surface area contributed by atoms with Crippen LogP contribution in [0.25, 0.3) is 22.3 Å². The highest BCUT2D eigenvalue weighted by Crippen LogP contribution is 2.44. The van der Waals surface area contributed by atoms with Gasteiger partial charge in [-0.15, -0.1) is 0 Å². The molecule has 148 valence electrons. The van der Waals surface area contributed by atoms with E-state index in [0.29, 0.717) is 23.1 Å². The number of hydrogen-bond donors (Lipinski definition) is 3. The van der Waals surface area contributed by atoms with E-state index in [1.807, 2.05) is 18.0 Å². The standard InChI is InChI=1S/C22H20N2O5/c1-24-7-6-14(15(24)11-25)20-16(26)8-17(27)21-18(28)9-19(29-22(20)21)13-4-2-12(10-23)3-5-13/h2-5,8-9,14-15,25-27H,6-7,11H2,1H3/t14?,15-/m1/s1. The average Bonchev–Trinajstić information content (AvgIpc) is 3.07. The van der Waals surface area contributed by atoms with Gasteiger partial charge in [-0.3, -0.25) is 4.79 Å². The van der Waals surface area contributed by atoms with E-state index in [-0.39, 0.29) is 46.8 Å². The van der Waals surface area contributed by atoms with Crippen molar-refractivity contribution in [2.75, 3.05) is 20.2 Å². The number of fused-ring (bicyclic) bond motifs is 1. The Kier molecular flexibility index (Phi) is 4.74. The Morgan fingerprint density at radius 1 is 1.21 bits per heavy atom. The van der Waals surface area contributed by atoms with Crippen LogP contribution in [0.3, 0.4) is 0 Å². The molecule has 2 heterocycles. The number of likely N-dealkylation sites (tertiary alicyclic amines) is 1. The molecule has 1 saturated heterocycles. The Balaban J connectivity index is 1.97. The number of aliphatic hydroxyl groups excluding tert-OH is 1. The normalized spacial score (nSPS) is 19.5. The van der Waals surface area contributed by atoms with Crippen molar-refractivity contribution in [1.82, 2.24) is 4.90 Å². The first kappa shape index (κ1) is 19.0. The lowest BCUT2D eigenvalue weighted by Crippen LogP contribution is -2.32. The molecule has 1 aromatic heterocycles. The molecule has 1 unspecified atom stereocenters. The number of nitrogens with zero attached hydrogens (tertiary/aromatic N) is 2. The van der Waals surface area contributed by atoms with Gasteiger partial charge >= 0.3 is 0 Å². The molecular formula is C22H20N2O5. The number of aliphatic hydroxyl groups is 1. The van der Waals surface area contributed by atoms with Gasteiger partial charge < -0.3 is 24.6 Å². The molecule has 7 heteroatoms. The summed E-state index contributed by atoms with van der Waals surface area (Å²) in [5, 5.41) is 39.7. The van der Waals surface area contributed by atoms with Crippen molar-refractivity contribution >= 4 is 11.0 Å². The highest BCUT2D eigenvalue weighted by molar-refractivity contribution is 5.89. The summed E-state index contributed by atoms with van der Waals surface area (Å²) in [7, 11) is 1.89. The smallest absolute Gasteiger partial charge is 0.197 e. The quantitative estimate of drug-likeness (QED) is 0.627. The van der Waals surface area contributed by atoms with E-state index in [4.69, 9.17) is 9.68 Å². The fourth-order valence-corrected chi connectivity index (χ4v) is 4.14. The summed E-state index contributed by atoms with van der Waals surface area (Å²) in [5.74, 6) is -0.514.